The number of hydrogen-bond donors (Lipinski definition) is 1. The molecule has 60 valence electrons. The molecule has 0 aromatic heterocycles. The van der Waals surface area contributed by atoms with Gasteiger partial charge in [0.25, 0.3) is 0 Å². The fraction of sp³-hybridized carbons (Fsp3) is 1.00. The maximum Gasteiger partial charge on any atom is 0.0677 e. The molecule has 0 radical (unpaired) electrons. The van der Waals surface area contributed by atoms with Gasteiger partial charge in [-0.1, -0.05) is 20.8 Å². The average molecular weight is 142 g/mol. The van der Waals surface area contributed by atoms with Crippen LogP contribution in [0.4, 0.5) is 0 Å². The molecule has 0 rings (SSSR count). The summed E-state index contributed by atoms with van der Waals surface area (Å²) in [6.07, 6.45) is 2.18. The first-order valence-electron chi connectivity index (χ1n) is 3.82. The van der Waals surface area contributed by atoms with E-state index >= 15 is 0 Å². The lowest BCUT2D eigenvalue weighted by Crippen LogP contribution is -2.08. The van der Waals surface area contributed by atoms with E-state index in [0.717, 1.165) is 12.8 Å². The third kappa shape index (κ3) is 5.73. The molecule has 2 heteroatoms. The molecule has 0 saturated carbocycles. The maximum absolute atomic E-state index is 6.74. The first-order chi connectivity index (χ1) is 4.45. The van der Waals surface area contributed by atoms with E-state index in [9.17, 15) is 0 Å². The third-order valence-electron chi connectivity index (χ3n) is 1.53. The van der Waals surface area contributed by atoms with Crippen LogP contribution in [0.25, 0.3) is 0 Å². The van der Waals surface area contributed by atoms with Crippen molar-refractivity contribution in [3.05, 3.63) is 0 Å². The van der Waals surface area contributed by atoms with Crippen LogP contribution in [0.2, 0.25) is 0 Å². The Morgan fingerprint density at radius 1 is 1.40 bits per heavy atom. The third-order valence-corrected chi connectivity index (χ3v) is 1.53. The highest BCUT2D eigenvalue weighted by Crippen LogP contribution is 2.21. The van der Waals surface area contributed by atoms with Gasteiger partial charge in [-0.15, -0.1) is 0 Å². The van der Waals surface area contributed by atoms with Crippen molar-refractivity contribution in [1.29, 1.82) is 5.53 Å². The van der Waals surface area contributed by atoms with Gasteiger partial charge in [-0.2, -0.15) is 5.11 Å². The van der Waals surface area contributed by atoms with Gasteiger partial charge in [0.15, 0.2) is 0 Å². The molecule has 10 heavy (non-hydrogen) atoms. The first kappa shape index (κ1) is 9.60. The Morgan fingerprint density at radius 2 is 1.90 bits per heavy atom. The van der Waals surface area contributed by atoms with E-state index in [1.807, 2.05) is 6.92 Å². The second kappa shape index (κ2) is 3.69. The fourth-order valence-electron chi connectivity index (χ4n) is 0.706. The zero-order chi connectivity index (χ0) is 8.20. The van der Waals surface area contributed by atoms with Crippen LogP contribution in [0.1, 0.15) is 40.5 Å². The van der Waals surface area contributed by atoms with Gasteiger partial charge in [-0.25, -0.2) is 5.53 Å². The van der Waals surface area contributed by atoms with Crippen LogP contribution < -0.4 is 0 Å². The standard InChI is InChI=1S/C8H18N2/c1-7(10-9)5-6-8(2,3)4/h7,9H,5-6H2,1-4H3. The van der Waals surface area contributed by atoms with Crippen LogP contribution in [0.5, 0.6) is 0 Å². The fourth-order valence-corrected chi connectivity index (χ4v) is 0.706. The second-order valence-corrected chi connectivity index (χ2v) is 4.08. The highest BCUT2D eigenvalue weighted by atomic mass is 15.0. The summed E-state index contributed by atoms with van der Waals surface area (Å²) in [6.45, 7) is 8.62. The van der Waals surface area contributed by atoms with E-state index in [-0.39, 0.29) is 6.04 Å². The van der Waals surface area contributed by atoms with Crippen LogP contribution >= 0.6 is 0 Å². The van der Waals surface area contributed by atoms with Gasteiger partial charge in [-0.3, -0.25) is 0 Å². The molecule has 0 aliphatic heterocycles. The van der Waals surface area contributed by atoms with Crippen molar-refractivity contribution >= 4 is 0 Å². The van der Waals surface area contributed by atoms with E-state index in [0.29, 0.717) is 5.41 Å². The molecule has 0 amide bonds. The van der Waals surface area contributed by atoms with Crippen LogP contribution in [0, 0.1) is 10.9 Å². The lowest BCUT2D eigenvalue weighted by atomic mass is 9.89. The van der Waals surface area contributed by atoms with Crippen molar-refractivity contribution in [1.82, 2.24) is 0 Å². The molecule has 0 aromatic carbocycles. The molecule has 0 aliphatic carbocycles. The molecule has 0 fully saturated rings. The summed E-state index contributed by atoms with van der Waals surface area (Å²) in [6, 6.07) is 0.208. The lowest BCUT2D eigenvalue weighted by molar-refractivity contribution is 0.350. The van der Waals surface area contributed by atoms with Crippen LogP contribution in [0.3, 0.4) is 0 Å². The number of hydrogen-bond acceptors (Lipinski definition) is 2. The Bertz CT molecular complexity index is 102. The molecule has 2 nitrogen and oxygen atoms in total. The summed E-state index contributed by atoms with van der Waals surface area (Å²) >= 11 is 0. The Morgan fingerprint density at radius 3 is 2.20 bits per heavy atom. The zero-order valence-corrected chi connectivity index (χ0v) is 7.44. The Kier molecular flexibility index (Phi) is 3.54. The summed E-state index contributed by atoms with van der Waals surface area (Å²) in [5, 5.41) is 3.44. The molecular formula is C8H18N2. The van der Waals surface area contributed by atoms with E-state index < -0.39 is 0 Å². The van der Waals surface area contributed by atoms with Gasteiger partial charge in [0.2, 0.25) is 0 Å². The Labute approximate surface area is 63.5 Å². The Hall–Kier alpha value is -0.400. The normalized spacial score (nSPS) is 14.8. The summed E-state index contributed by atoms with van der Waals surface area (Å²) in [5.74, 6) is 0. The molecule has 1 atom stereocenters. The minimum atomic E-state index is 0.208. The highest BCUT2D eigenvalue weighted by molar-refractivity contribution is 4.65. The SMILES string of the molecule is CC(CCC(C)(C)C)N=N. The van der Waals surface area contributed by atoms with Crippen LogP contribution in [-0.4, -0.2) is 6.04 Å². The molecule has 0 heterocycles. The maximum atomic E-state index is 6.74. The number of nitrogens with one attached hydrogen (secondary N) is 1. The van der Waals surface area contributed by atoms with Gasteiger partial charge < -0.3 is 0 Å². The summed E-state index contributed by atoms with van der Waals surface area (Å²) < 4.78 is 0. The second-order valence-electron chi connectivity index (χ2n) is 4.08. The molecule has 0 aromatic rings. The van der Waals surface area contributed by atoms with Crippen molar-refractivity contribution in [2.45, 2.75) is 46.6 Å². The van der Waals surface area contributed by atoms with Gasteiger partial charge in [0.1, 0.15) is 0 Å². The van der Waals surface area contributed by atoms with Crippen LogP contribution in [0.15, 0.2) is 5.11 Å². The topological polar surface area (TPSA) is 36.2 Å². The monoisotopic (exact) mass is 142 g/mol. The predicted molar refractivity (Wildman–Crippen MR) is 43.3 cm³/mol. The van der Waals surface area contributed by atoms with Gasteiger partial charge in [-0.05, 0) is 25.2 Å². The molecule has 0 saturated heterocycles. The largest absolute Gasteiger partial charge is 0.210 e. The zero-order valence-electron chi connectivity index (χ0n) is 7.44. The molecule has 0 bridgehead atoms. The van der Waals surface area contributed by atoms with Gasteiger partial charge in [0.05, 0.1) is 6.04 Å². The minimum Gasteiger partial charge on any atom is -0.210 e. The van der Waals surface area contributed by atoms with Gasteiger partial charge >= 0.3 is 0 Å². The highest BCUT2D eigenvalue weighted by Gasteiger charge is 2.11. The van der Waals surface area contributed by atoms with Crippen molar-refractivity contribution in [3.63, 3.8) is 0 Å². The minimum absolute atomic E-state index is 0.208. The molecule has 1 N–H and O–H groups in total. The van der Waals surface area contributed by atoms with Crippen molar-refractivity contribution < 1.29 is 0 Å². The average Bonchev–Trinajstić information content (AvgIpc) is 1.81. The summed E-state index contributed by atoms with van der Waals surface area (Å²) in [4.78, 5) is 0. The van der Waals surface area contributed by atoms with Crippen molar-refractivity contribution in [2.24, 2.45) is 10.5 Å². The summed E-state index contributed by atoms with van der Waals surface area (Å²) in [7, 11) is 0. The molecule has 0 aliphatic rings. The van der Waals surface area contributed by atoms with E-state index in [4.69, 9.17) is 5.53 Å². The van der Waals surface area contributed by atoms with E-state index in [1.54, 1.807) is 0 Å². The molecular weight excluding hydrogens is 124 g/mol. The molecule has 0 spiro atoms. The number of rotatable bonds is 3. The van der Waals surface area contributed by atoms with E-state index in [2.05, 4.69) is 25.9 Å². The van der Waals surface area contributed by atoms with Crippen molar-refractivity contribution in [2.75, 3.05) is 0 Å². The smallest absolute Gasteiger partial charge is 0.0677 e. The number of nitrogens with zero attached hydrogens (tertiary/aromatic N) is 1. The van der Waals surface area contributed by atoms with Gasteiger partial charge in [0, 0.05) is 0 Å². The van der Waals surface area contributed by atoms with Crippen LogP contribution in [-0.2, 0) is 0 Å². The quantitative estimate of drug-likeness (QED) is 0.587. The Balaban J connectivity index is 3.45. The lowest BCUT2D eigenvalue weighted by Gasteiger charge is -2.18. The molecule has 1 unspecified atom stereocenters. The van der Waals surface area contributed by atoms with Crippen molar-refractivity contribution in [3.8, 4) is 0 Å². The van der Waals surface area contributed by atoms with E-state index in [1.165, 1.54) is 0 Å². The summed E-state index contributed by atoms with van der Waals surface area (Å²) in [5.41, 5.74) is 7.13. The first-order valence-corrected chi connectivity index (χ1v) is 3.82. The predicted octanol–water partition coefficient (Wildman–Crippen LogP) is 3.23.